The summed E-state index contributed by atoms with van der Waals surface area (Å²) in [4.78, 5) is 23.6. The van der Waals surface area contributed by atoms with Gasteiger partial charge in [0.05, 0.1) is 42.9 Å². The Hall–Kier alpha value is -4.69. The number of carbonyl (C=O) groups is 1. The number of nitro benzene ring substituents is 1. The van der Waals surface area contributed by atoms with Crippen LogP contribution in [0.3, 0.4) is 0 Å². The number of hydrazone groups is 1. The van der Waals surface area contributed by atoms with Crippen LogP contribution in [0.5, 0.6) is 23.0 Å². The van der Waals surface area contributed by atoms with Crippen LogP contribution in [-0.4, -0.2) is 64.2 Å². The lowest BCUT2D eigenvalue weighted by atomic mass is 10.2. The van der Waals surface area contributed by atoms with Gasteiger partial charge in [0.25, 0.3) is 5.69 Å². The number of nitrogens with one attached hydrogen (secondary N) is 1. The third-order valence-corrected chi connectivity index (χ3v) is 8.14. The molecule has 1 saturated heterocycles. The number of anilines is 1. The van der Waals surface area contributed by atoms with Gasteiger partial charge < -0.3 is 18.9 Å². The Balaban J connectivity index is 1.49. The molecule has 3 aromatic rings. The highest BCUT2D eigenvalue weighted by molar-refractivity contribution is 7.89. The lowest BCUT2D eigenvalue weighted by molar-refractivity contribution is -0.384. The van der Waals surface area contributed by atoms with Gasteiger partial charge in [-0.05, 0) is 60.9 Å². The molecule has 0 aliphatic carbocycles. The highest BCUT2D eigenvalue weighted by Crippen LogP contribution is 2.32. The van der Waals surface area contributed by atoms with E-state index in [9.17, 15) is 23.3 Å². The summed E-state index contributed by atoms with van der Waals surface area (Å²) in [5.41, 5.74) is 2.89. The minimum absolute atomic E-state index is 0.0119. The molecule has 0 atom stereocenters. The molecule has 0 amide bonds. The number of benzene rings is 3. The molecule has 1 aliphatic rings. The summed E-state index contributed by atoms with van der Waals surface area (Å²) in [6.45, 7) is 0.773. The van der Waals surface area contributed by atoms with Gasteiger partial charge in [-0.15, -0.1) is 0 Å². The SMILES string of the molecule is COc1cc(OC)cc(C(=O)Oc2ccc(/C=N/Nc3ccc(S(=O)(=O)N4CCCC4)cc3[N+](=O)[O-])cc2OC)c1. The molecule has 13 nitrogen and oxygen atoms in total. The Labute approximate surface area is 236 Å². The van der Waals surface area contributed by atoms with Crippen LogP contribution in [0.1, 0.15) is 28.8 Å². The van der Waals surface area contributed by atoms with Crippen molar-refractivity contribution in [1.82, 2.24) is 4.31 Å². The fourth-order valence-electron chi connectivity index (χ4n) is 4.10. The number of hydrogen-bond acceptors (Lipinski definition) is 11. The largest absolute Gasteiger partial charge is 0.497 e. The Kier molecular flexibility index (Phi) is 9.04. The molecule has 0 bridgehead atoms. The number of ether oxygens (including phenoxy) is 4. The Bertz CT molecular complexity index is 1560. The minimum atomic E-state index is -3.82. The predicted octanol–water partition coefficient (Wildman–Crippen LogP) is 4.07. The van der Waals surface area contributed by atoms with Crippen LogP contribution in [0.2, 0.25) is 0 Å². The van der Waals surface area contributed by atoms with Gasteiger partial charge in [0, 0.05) is 25.2 Å². The fraction of sp³-hybridized carbons (Fsp3) is 0.259. The summed E-state index contributed by atoms with van der Waals surface area (Å²) in [5.74, 6) is 0.566. The average Bonchev–Trinajstić information content (AvgIpc) is 3.53. The molecule has 0 aromatic heterocycles. The maximum Gasteiger partial charge on any atom is 0.343 e. The number of nitrogens with zero attached hydrogens (tertiary/aromatic N) is 3. The zero-order valence-corrected chi connectivity index (χ0v) is 23.3. The zero-order valence-electron chi connectivity index (χ0n) is 22.5. The highest BCUT2D eigenvalue weighted by Gasteiger charge is 2.29. The number of carbonyl (C=O) groups excluding carboxylic acids is 1. The van der Waals surface area contributed by atoms with Gasteiger partial charge >= 0.3 is 5.97 Å². The van der Waals surface area contributed by atoms with E-state index in [1.807, 2.05) is 0 Å². The van der Waals surface area contributed by atoms with E-state index in [1.165, 1.54) is 62.2 Å². The molecule has 1 aliphatic heterocycles. The molecule has 216 valence electrons. The lowest BCUT2D eigenvalue weighted by Crippen LogP contribution is -2.27. The lowest BCUT2D eigenvalue weighted by Gasteiger charge is -2.15. The van der Waals surface area contributed by atoms with Gasteiger partial charge in [-0.25, -0.2) is 13.2 Å². The number of sulfonamides is 1. The quantitative estimate of drug-likeness (QED) is 0.114. The summed E-state index contributed by atoms with van der Waals surface area (Å²) < 4.78 is 48.2. The van der Waals surface area contributed by atoms with Crippen LogP contribution in [0.4, 0.5) is 11.4 Å². The first-order chi connectivity index (χ1) is 19.7. The van der Waals surface area contributed by atoms with Crippen LogP contribution in [0.25, 0.3) is 0 Å². The number of esters is 1. The van der Waals surface area contributed by atoms with Gasteiger partial charge in [0.1, 0.15) is 17.2 Å². The maximum atomic E-state index is 12.8. The van der Waals surface area contributed by atoms with E-state index < -0.39 is 26.6 Å². The third-order valence-electron chi connectivity index (χ3n) is 6.24. The minimum Gasteiger partial charge on any atom is -0.497 e. The van der Waals surface area contributed by atoms with E-state index >= 15 is 0 Å². The van der Waals surface area contributed by atoms with E-state index in [2.05, 4.69) is 10.5 Å². The second-order valence-corrected chi connectivity index (χ2v) is 10.8. The normalized spacial score (nSPS) is 13.6. The first kappa shape index (κ1) is 29.3. The summed E-state index contributed by atoms with van der Waals surface area (Å²) in [7, 11) is 0.519. The number of nitro groups is 1. The van der Waals surface area contributed by atoms with Gasteiger partial charge in [-0.2, -0.15) is 9.41 Å². The van der Waals surface area contributed by atoms with E-state index in [-0.39, 0.29) is 27.6 Å². The van der Waals surface area contributed by atoms with E-state index in [0.717, 1.165) is 18.9 Å². The molecule has 0 unspecified atom stereocenters. The molecule has 0 radical (unpaired) electrons. The van der Waals surface area contributed by atoms with Gasteiger partial charge in [-0.1, -0.05) is 0 Å². The van der Waals surface area contributed by atoms with E-state index in [4.69, 9.17) is 18.9 Å². The molecular weight excluding hydrogens is 556 g/mol. The van der Waals surface area contributed by atoms with Gasteiger partial charge in [0.15, 0.2) is 11.5 Å². The average molecular weight is 585 g/mol. The smallest absolute Gasteiger partial charge is 0.343 e. The van der Waals surface area contributed by atoms with Crippen molar-refractivity contribution in [1.29, 1.82) is 0 Å². The van der Waals surface area contributed by atoms with Crippen LogP contribution in [0.15, 0.2) is 64.6 Å². The molecule has 1 fully saturated rings. The molecule has 0 saturated carbocycles. The zero-order chi connectivity index (χ0) is 29.6. The highest BCUT2D eigenvalue weighted by atomic mass is 32.2. The Morgan fingerprint density at radius 3 is 2.24 bits per heavy atom. The molecule has 41 heavy (non-hydrogen) atoms. The molecule has 1 N–H and O–H groups in total. The van der Waals surface area contributed by atoms with Crippen LogP contribution in [-0.2, 0) is 10.0 Å². The molecule has 3 aromatic carbocycles. The van der Waals surface area contributed by atoms with Crippen molar-refractivity contribution < 1.29 is 37.1 Å². The maximum absolute atomic E-state index is 12.8. The third kappa shape index (κ3) is 6.73. The second-order valence-electron chi connectivity index (χ2n) is 8.82. The van der Waals surface area contributed by atoms with Crippen molar-refractivity contribution >= 4 is 33.6 Å². The summed E-state index contributed by atoms with van der Waals surface area (Å²) in [6, 6.07) is 12.9. The van der Waals surface area contributed by atoms with Crippen molar-refractivity contribution in [2.75, 3.05) is 39.8 Å². The van der Waals surface area contributed by atoms with Crippen molar-refractivity contribution in [3.63, 3.8) is 0 Å². The number of methoxy groups -OCH3 is 3. The summed E-state index contributed by atoms with van der Waals surface area (Å²) >= 11 is 0. The van der Waals surface area contributed by atoms with Crippen molar-refractivity contribution in [3.8, 4) is 23.0 Å². The van der Waals surface area contributed by atoms with Crippen LogP contribution >= 0.6 is 0 Å². The number of rotatable bonds is 11. The first-order valence-corrected chi connectivity index (χ1v) is 13.8. The molecule has 14 heteroatoms. The summed E-state index contributed by atoms with van der Waals surface area (Å²) in [5, 5.41) is 15.7. The van der Waals surface area contributed by atoms with Crippen LogP contribution in [0, 0.1) is 10.1 Å². The fourth-order valence-corrected chi connectivity index (χ4v) is 5.64. The van der Waals surface area contributed by atoms with Crippen molar-refractivity contribution in [3.05, 3.63) is 75.8 Å². The molecule has 0 spiro atoms. The number of hydrogen-bond donors (Lipinski definition) is 1. The predicted molar refractivity (Wildman–Crippen MR) is 150 cm³/mol. The summed E-state index contributed by atoms with van der Waals surface area (Å²) in [6.07, 6.45) is 2.88. The van der Waals surface area contributed by atoms with Crippen LogP contribution < -0.4 is 24.4 Å². The van der Waals surface area contributed by atoms with E-state index in [0.29, 0.717) is 30.2 Å². The molecular formula is C27H28N4O9S. The van der Waals surface area contributed by atoms with Gasteiger partial charge in [0.2, 0.25) is 10.0 Å². The molecule has 4 rings (SSSR count). The van der Waals surface area contributed by atoms with Gasteiger partial charge in [-0.3, -0.25) is 15.5 Å². The van der Waals surface area contributed by atoms with E-state index in [1.54, 1.807) is 18.2 Å². The Morgan fingerprint density at radius 1 is 0.951 bits per heavy atom. The topological polar surface area (TPSA) is 159 Å². The Morgan fingerprint density at radius 2 is 1.63 bits per heavy atom. The van der Waals surface area contributed by atoms with Crippen molar-refractivity contribution in [2.24, 2.45) is 5.10 Å². The molecule has 1 heterocycles. The monoisotopic (exact) mass is 584 g/mol. The first-order valence-electron chi connectivity index (χ1n) is 12.4. The second kappa shape index (κ2) is 12.7. The standard InChI is InChI=1S/C27H28N4O9S/c1-37-20-13-19(14-21(15-20)38-2)27(32)40-25-9-6-18(12-26(25)39-3)17-28-29-23-8-7-22(16-24(23)31(33)34)41(35,36)30-10-4-5-11-30/h6-9,12-17,29H,4-5,10-11H2,1-3H3/b28-17+. The van der Waals surface area contributed by atoms with Crippen molar-refractivity contribution in [2.45, 2.75) is 17.7 Å².